The fourth-order valence-corrected chi connectivity index (χ4v) is 5.98. The molecule has 3 unspecified atom stereocenters. The maximum atomic E-state index is 12.1. The maximum absolute atomic E-state index is 12.1. The van der Waals surface area contributed by atoms with Crippen molar-refractivity contribution in [2.75, 3.05) is 5.75 Å². The van der Waals surface area contributed by atoms with E-state index in [1.165, 1.54) is 0 Å². The molecule has 10 heteroatoms. The van der Waals surface area contributed by atoms with E-state index in [2.05, 4.69) is 31.5 Å². The van der Waals surface area contributed by atoms with Gasteiger partial charge in [0, 0.05) is 36.2 Å². The van der Waals surface area contributed by atoms with Crippen LogP contribution in [0.1, 0.15) is 49.7 Å². The lowest BCUT2D eigenvalue weighted by Crippen LogP contribution is -2.41. The van der Waals surface area contributed by atoms with Crippen molar-refractivity contribution in [3.05, 3.63) is 47.8 Å². The molecule has 2 aromatic heterocycles. The largest absolute Gasteiger partial charge is 0.332 e. The number of aryl methyl sites for hydroxylation is 2. The maximum Gasteiger partial charge on any atom is 0.315 e. The van der Waals surface area contributed by atoms with Crippen molar-refractivity contribution in [2.24, 2.45) is 0 Å². The van der Waals surface area contributed by atoms with Gasteiger partial charge in [-0.25, -0.2) is 4.79 Å². The van der Waals surface area contributed by atoms with Gasteiger partial charge in [0.2, 0.25) is 11.8 Å². The molecule has 2 fully saturated rings. The van der Waals surface area contributed by atoms with Gasteiger partial charge >= 0.3 is 6.03 Å². The van der Waals surface area contributed by atoms with Crippen LogP contribution in [0.25, 0.3) is 11.4 Å². The number of thioether (sulfide) groups is 1. The van der Waals surface area contributed by atoms with Crippen molar-refractivity contribution in [3.63, 3.8) is 0 Å². The number of carbonyl (C=O) groups excluding carboxylic acids is 3. The first kappa shape index (κ1) is 25.0. The van der Waals surface area contributed by atoms with Gasteiger partial charge in [0.1, 0.15) is 0 Å². The minimum atomic E-state index is -0.203. The van der Waals surface area contributed by atoms with Gasteiger partial charge < -0.3 is 10.6 Å². The van der Waals surface area contributed by atoms with E-state index >= 15 is 0 Å². The minimum absolute atomic E-state index is 0.0782. The predicted octanol–water partition coefficient (Wildman–Crippen LogP) is 2.65. The van der Waals surface area contributed by atoms with Gasteiger partial charge in [-0.15, -0.1) is 0 Å². The minimum Gasteiger partial charge on any atom is -0.332 e. The van der Waals surface area contributed by atoms with Crippen molar-refractivity contribution < 1.29 is 14.4 Å². The van der Waals surface area contributed by atoms with E-state index < -0.39 is 0 Å². The molecule has 2 aliphatic heterocycles. The normalized spacial score (nSPS) is 20.6. The van der Waals surface area contributed by atoms with E-state index in [1.807, 2.05) is 43.0 Å². The molecule has 2 saturated heterocycles. The summed E-state index contributed by atoms with van der Waals surface area (Å²) in [6.07, 6.45) is 8.24. The van der Waals surface area contributed by atoms with Crippen molar-refractivity contribution in [1.82, 2.24) is 31.5 Å². The number of rotatable bonds is 10. The Balaban J connectivity index is 1.08. The van der Waals surface area contributed by atoms with E-state index in [0.29, 0.717) is 24.5 Å². The molecule has 4 N–H and O–H groups in total. The Hall–Kier alpha value is -3.14. The highest BCUT2D eigenvalue weighted by Gasteiger charge is 2.42. The average Bonchev–Trinajstić information content (AvgIpc) is 3.40. The number of nitrogens with one attached hydrogen (secondary N) is 4. The highest BCUT2D eigenvalue weighted by atomic mass is 32.2. The van der Waals surface area contributed by atoms with Crippen LogP contribution in [0, 0.1) is 6.92 Å². The van der Waals surface area contributed by atoms with Crippen LogP contribution in [0.2, 0.25) is 0 Å². The van der Waals surface area contributed by atoms with Gasteiger partial charge in [-0.1, -0.05) is 6.42 Å². The molecule has 0 bridgehead atoms. The quantitative estimate of drug-likeness (QED) is 0.228. The molecule has 3 atom stereocenters. The Kier molecular flexibility index (Phi) is 8.57. The lowest BCUT2D eigenvalue weighted by Gasteiger charge is -2.16. The molecular formula is C25H32N6O3S. The smallest absolute Gasteiger partial charge is 0.315 e. The van der Waals surface area contributed by atoms with E-state index in [0.717, 1.165) is 54.0 Å². The van der Waals surface area contributed by atoms with Crippen LogP contribution in [0.3, 0.4) is 0 Å². The third-order valence-corrected chi connectivity index (χ3v) is 7.80. The molecule has 186 valence electrons. The molecule has 0 aliphatic carbocycles. The molecule has 2 aromatic rings. The monoisotopic (exact) mass is 496 g/mol. The summed E-state index contributed by atoms with van der Waals surface area (Å²) in [7, 11) is 0. The molecule has 4 heterocycles. The van der Waals surface area contributed by atoms with Crippen molar-refractivity contribution in [2.45, 2.75) is 69.2 Å². The summed E-state index contributed by atoms with van der Waals surface area (Å²) in [5.74, 6) is 0.550. The highest BCUT2D eigenvalue weighted by Crippen LogP contribution is 2.33. The van der Waals surface area contributed by atoms with Crippen LogP contribution in [-0.4, -0.2) is 50.9 Å². The fraction of sp³-hybridized carbons (Fsp3) is 0.480. The van der Waals surface area contributed by atoms with Crippen molar-refractivity contribution >= 4 is 29.6 Å². The SMILES string of the molecule is Cc1ccnc(-c2cc(CCCC(=O)NNC(=O)CCCCC3SCC4NC(=O)NC43)ccn2)c1. The van der Waals surface area contributed by atoms with E-state index in [9.17, 15) is 14.4 Å². The molecule has 35 heavy (non-hydrogen) atoms. The number of hydrogen-bond donors (Lipinski definition) is 4. The number of carbonyl (C=O) groups is 3. The second-order valence-electron chi connectivity index (χ2n) is 9.09. The lowest BCUT2D eigenvalue weighted by molar-refractivity contribution is -0.129. The van der Waals surface area contributed by atoms with Gasteiger partial charge in [-0.2, -0.15) is 11.8 Å². The third-order valence-electron chi connectivity index (χ3n) is 6.29. The van der Waals surface area contributed by atoms with Crippen molar-refractivity contribution in [3.8, 4) is 11.4 Å². The summed E-state index contributed by atoms with van der Waals surface area (Å²) < 4.78 is 0. The van der Waals surface area contributed by atoms with Crippen LogP contribution in [0.4, 0.5) is 4.79 Å². The number of urea groups is 1. The number of pyridine rings is 2. The Morgan fingerprint density at radius 3 is 2.49 bits per heavy atom. The standard InChI is InChI=1S/C25H32N6O3S/c1-16-9-11-26-18(13-16)19-14-17(10-12-27-19)5-4-8-23(33)31-30-22(32)7-3-2-6-21-24-20(15-35-21)28-25(34)29-24/h9-14,20-21,24H,2-8,15H2,1H3,(H,30,32)(H,31,33)(H2,28,29,34). The van der Waals surface area contributed by atoms with Crippen LogP contribution in [0.5, 0.6) is 0 Å². The molecule has 0 saturated carbocycles. The van der Waals surface area contributed by atoms with E-state index in [-0.39, 0.29) is 29.9 Å². The molecular weight excluding hydrogens is 464 g/mol. The van der Waals surface area contributed by atoms with Crippen LogP contribution in [-0.2, 0) is 16.0 Å². The number of unbranched alkanes of at least 4 members (excludes halogenated alkanes) is 1. The van der Waals surface area contributed by atoms with E-state index in [1.54, 1.807) is 12.4 Å². The van der Waals surface area contributed by atoms with Gasteiger partial charge in [0.15, 0.2) is 0 Å². The number of nitrogens with zero attached hydrogens (tertiary/aromatic N) is 2. The number of amides is 4. The first-order valence-electron chi connectivity index (χ1n) is 12.1. The van der Waals surface area contributed by atoms with Gasteiger partial charge in [0.25, 0.3) is 0 Å². The zero-order valence-corrected chi connectivity index (χ0v) is 20.7. The highest BCUT2D eigenvalue weighted by molar-refractivity contribution is 8.00. The second-order valence-corrected chi connectivity index (χ2v) is 10.4. The lowest BCUT2D eigenvalue weighted by atomic mass is 10.0. The molecule has 4 rings (SSSR count). The van der Waals surface area contributed by atoms with Crippen molar-refractivity contribution in [1.29, 1.82) is 0 Å². The molecule has 0 radical (unpaired) electrons. The number of aromatic nitrogens is 2. The predicted molar refractivity (Wildman–Crippen MR) is 135 cm³/mol. The topological polar surface area (TPSA) is 125 Å². The molecule has 0 spiro atoms. The van der Waals surface area contributed by atoms with Crippen LogP contribution >= 0.6 is 11.8 Å². The zero-order valence-electron chi connectivity index (χ0n) is 19.9. The summed E-state index contributed by atoms with van der Waals surface area (Å²) >= 11 is 1.87. The van der Waals surface area contributed by atoms with Crippen LogP contribution < -0.4 is 21.5 Å². The van der Waals surface area contributed by atoms with Gasteiger partial charge in [-0.3, -0.25) is 30.4 Å². The molecule has 2 aliphatic rings. The van der Waals surface area contributed by atoms with Crippen LogP contribution in [0.15, 0.2) is 36.7 Å². The summed E-state index contributed by atoms with van der Waals surface area (Å²) in [5.41, 5.74) is 8.89. The van der Waals surface area contributed by atoms with Gasteiger partial charge in [-0.05, 0) is 68.0 Å². The third kappa shape index (κ3) is 7.17. The Labute approximate surface area is 209 Å². The average molecular weight is 497 g/mol. The fourth-order valence-electron chi connectivity index (χ4n) is 4.44. The summed E-state index contributed by atoms with van der Waals surface area (Å²) in [5, 5.41) is 6.31. The Morgan fingerprint density at radius 1 is 1.00 bits per heavy atom. The first-order valence-corrected chi connectivity index (χ1v) is 13.2. The first-order chi connectivity index (χ1) is 17.0. The Bertz CT molecular complexity index is 1070. The summed E-state index contributed by atoms with van der Waals surface area (Å²) in [6.45, 7) is 2.02. The molecule has 9 nitrogen and oxygen atoms in total. The zero-order chi connectivity index (χ0) is 24.6. The number of hydrogen-bond acceptors (Lipinski definition) is 6. The Morgan fingerprint density at radius 2 is 1.71 bits per heavy atom. The second kappa shape index (κ2) is 12.0. The number of fused-ring (bicyclic) bond motifs is 1. The van der Waals surface area contributed by atoms with Gasteiger partial charge in [0.05, 0.1) is 23.5 Å². The summed E-state index contributed by atoms with van der Waals surface area (Å²) in [4.78, 5) is 44.4. The van der Waals surface area contributed by atoms with E-state index in [4.69, 9.17) is 0 Å². The summed E-state index contributed by atoms with van der Waals surface area (Å²) in [6, 6.07) is 8.23. The number of hydrazine groups is 1. The molecule has 0 aromatic carbocycles. The molecule has 4 amide bonds.